The molecular weight excluding hydrogens is 461 g/mol. The Morgan fingerprint density at radius 3 is 2.17 bits per heavy atom. The highest BCUT2D eigenvalue weighted by atomic mass is 19.4. The lowest BCUT2D eigenvalue weighted by Gasteiger charge is -2.25. The molecule has 0 fully saturated rings. The van der Waals surface area contributed by atoms with E-state index in [9.17, 15) is 13.2 Å². The third-order valence-corrected chi connectivity index (χ3v) is 5.42. The van der Waals surface area contributed by atoms with Crippen LogP contribution in [0.15, 0.2) is 115 Å². The van der Waals surface area contributed by atoms with Gasteiger partial charge in [0, 0.05) is 35.8 Å². The number of alkyl halides is 3. The summed E-state index contributed by atoms with van der Waals surface area (Å²) < 4.78 is 39.9. The van der Waals surface area contributed by atoms with Crippen LogP contribution in [0.3, 0.4) is 0 Å². The van der Waals surface area contributed by atoms with Crippen LogP contribution in [0.1, 0.15) is 18.9 Å². The van der Waals surface area contributed by atoms with Crippen LogP contribution < -0.4 is 21.3 Å². The minimum Gasteiger partial charge on any atom is -0.354 e. The van der Waals surface area contributed by atoms with E-state index in [2.05, 4.69) is 35.6 Å². The first kappa shape index (κ1) is 26.6. The molecule has 3 aromatic rings. The third-order valence-electron chi connectivity index (χ3n) is 5.42. The zero-order valence-electron chi connectivity index (χ0n) is 20.3. The van der Waals surface area contributed by atoms with E-state index in [0.29, 0.717) is 17.9 Å². The number of nitrogens with one attached hydrogen (secondary N) is 2. The molecule has 3 rings (SSSR count). The van der Waals surface area contributed by atoms with Crippen molar-refractivity contribution in [2.75, 3.05) is 22.1 Å². The number of hydrogen-bond acceptors (Lipinski definition) is 4. The summed E-state index contributed by atoms with van der Waals surface area (Å²) in [6.45, 7) is 10.4. The van der Waals surface area contributed by atoms with Crippen LogP contribution in [0.5, 0.6) is 0 Å². The minimum absolute atomic E-state index is 0.144. The molecule has 0 spiro atoms. The summed E-state index contributed by atoms with van der Waals surface area (Å²) >= 11 is 0. The van der Waals surface area contributed by atoms with E-state index >= 15 is 0 Å². The maximum atomic E-state index is 13.3. The largest absolute Gasteiger partial charge is 0.415 e. The SMILES string of the molecule is C=C(Nc1cccc(N(CCC)c2ccccc2)c1)/C(=C/C(=C)C(F)(F)F)Nc1cccc(CN)c1. The zero-order chi connectivity index (χ0) is 26.1. The van der Waals surface area contributed by atoms with Crippen molar-refractivity contribution in [2.45, 2.75) is 26.1 Å². The minimum atomic E-state index is -4.57. The maximum absolute atomic E-state index is 13.3. The Hall–Kier alpha value is -3.97. The van der Waals surface area contributed by atoms with Gasteiger partial charge in [-0.15, -0.1) is 0 Å². The Bertz CT molecular complexity index is 1220. The number of anilines is 4. The first-order valence-corrected chi connectivity index (χ1v) is 11.6. The summed E-state index contributed by atoms with van der Waals surface area (Å²) in [6.07, 6.45) is -2.68. The van der Waals surface area contributed by atoms with Crippen LogP contribution in [0.25, 0.3) is 0 Å². The highest BCUT2D eigenvalue weighted by Crippen LogP contribution is 2.30. The van der Waals surface area contributed by atoms with E-state index in [4.69, 9.17) is 5.73 Å². The summed E-state index contributed by atoms with van der Waals surface area (Å²) in [5.74, 6) is 0. The second kappa shape index (κ2) is 12.1. The molecule has 0 bridgehead atoms. The van der Waals surface area contributed by atoms with Gasteiger partial charge in [-0.05, 0) is 60.5 Å². The Kier molecular flexibility index (Phi) is 8.97. The van der Waals surface area contributed by atoms with Gasteiger partial charge in [0.25, 0.3) is 0 Å². The molecule has 0 amide bonds. The molecule has 0 aromatic heterocycles. The molecule has 0 aliphatic carbocycles. The predicted octanol–water partition coefficient (Wildman–Crippen LogP) is 7.73. The van der Waals surface area contributed by atoms with E-state index in [1.807, 2.05) is 60.7 Å². The van der Waals surface area contributed by atoms with E-state index in [0.717, 1.165) is 36.0 Å². The van der Waals surface area contributed by atoms with E-state index in [1.54, 1.807) is 18.2 Å². The van der Waals surface area contributed by atoms with Crippen molar-refractivity contribution in [1.82, 2.24) is 0 Å². The molecule has 0 unspecified atom stereocenters. The van der Waals surface area contributed by atoms with Crippen molar-refractivity contribution in [3.63, 3.8) is 0 Å². The number of hydrogen-bond donors (Lipinski definition) is 3. The fourth-order valence-electron chi connectivity index (χ4n) is 3.62. The molecule has 0 aliphatic rings. The Morgan fingerprint density at radius 2 is 1.53 bits per heavy atom. The van der Waals surface area contributed by atoms with Crippen molar-refractivity contribution in [1.29, 1.82) is 0 Å². The molecule has 188 valence electrons. The summed E-state index contributed by atoms with van der Waals surface area (Å²) in [5.41, 5.74) is 9.26. The molecule has 0 heterocycles. The standard InChI is InChI=1S/C29H31F3N4/c1-4-16-36(26-13-6-5-7-14-26)27-15-9-12-25(19-27)34-22(3)28(17-21(2)29(30,31)32)35-24-11-8-10-23(18-24)20-33/h5-15,17-19,34-35H,2-4,16,20,33H2,1H3/b28-17-. The number of halogens is 3. The van der Waals surface area contributed by atoms with Gasteiger partial charge in [-0.25, -0.2) is 0 Å². The smallest absolute Gasteiger partial charge is 0.354 e. The van der Waals surface area contributed by atoms with E-state index < -0.39 is 11.7 Å². The fourth-order valence-corrected chi connectivity index (χ4v) is 3.62. The lowest BCUT2D eigenvalue weighted by Crippen LogP contribution is -2.18. The van der Waals surface area contributed by atoms with E-state index in [-0.39, 0.29) is 11.4 Å². The van der Waals surface area contributed by atoms with Crippen molar-refractivity contribution < 1.29 is 13.2 Å². The summed E-state index contributed by atoms with van der Waals surface area (Å²) in [4.78, 5) is 2.19. The van der Waals surface area contributed by atoms with Gasteiger partial charge >= 0.3 is 6.18 Å². The Labute approximate surface area is 210 Å². The molecule has 0 saturated carbocycles. The van der Waals surface area contributed by atoms with Crippen LogP contribution in [0.4, 0.5) is 35.9 Å². The number of allylic oxidation sites excluding steroid dienone is 2. The summed E-state index contributed by atoms with van der Waals surface area (Å²) in [5, 5.41) is 6.18. The quantitative estimate of drug-likeness (QED) is 0.240. The van der Waals surface area contributed by atoms with E-state index in [1.165, 1.54) is 0 Å². The molecule has 0 atom stereocenters. The van der Waals surface area contributed by atoms with Crippen LogP contribution in [0.2, 0.25) is 0 Å². The molecular formula is C29H31F3N4. The van der Waals surface area contributed by atoms with Crippen molar-refractivity contribution >= 4 is 22.7 Å². The van der Waals surface area contributed by atoms with Gasteiger partial charge < -0.3 is 21.3 Å². The monoisotopic (exact) mass is 492 g/mol. The number of nitrogens with two attached hydrogens (primary N) is 1. The Balaban J connectivity index is 1.89. The van der Waals surface area contributed by atoms with Gasteiger partial charge in [-0.1, -0.05) is 56.5 Å². The maximum Gasteiger partial charge on any atom is 0.415 e. The predicted molar refractivity (Wildman–Crippen MR) is 144 cm³/mol. The molecule has 4 nitrogen and oxygen atoms in total. The number of rotatable bonds is 11. The van der Waals surface area contributed by atoms with Gasteiger partial charge in [0.1, 0.15) is 0 Å². The Morgan fingerprint density at radius 1 is 0.889 bits per heavy atom. The lowest BCUT2D eigenvalue weighted by atomic mass is 10.1. The molecule has 36 heavy (non-hydrogen) atoms. The first-order chi connectivity index (χ1) is 17.2. The topological polar surface area (TPSA) is 53.3 Å². The van der Waals surface area contributed by atoms with Crippen molar-refractivity contribution in [3.8, 4) is 0 Å². The summed E-state index contributed by atoms with van der Waals surface area (Å²) in [7, 11) is 0. The molecule has 0 aliphatic heterocycles. The second-order valence-electron chi connectivity index (χ2n) is 8.25. The molecule has 0 saturated heterocycles. The van der Waals surface area contributed by atoms with Crippen LogP contribution in [-0.2, 0) is 6.54 Å². The van der Waals surface area contributed by atoms with Gasteiger partial charge in [-0.2, -0.15) is 13.2 Å². The number of para-hydroxylation sites is 1. The fraction of sp³-hybridized carbons (Fsp3) is 0.172. The van der Waals surface area contributed by atoms with Gasteiger partial charge in [0.05, 0.1) is 17.0 Å². The second-order valence-corrected chi connectivity index (χ2v) is 8.25. The van der Waals surface area contributed by atoms with Crippen molar-refractivity contribution in [2.24, 2.45) is 5.73 Å². The summed E-state index contributed by atoms with van der Waals surface area (Å²) in [6, 6.07) is 24.8. The van der Waals surface area contributed by atoms with Gasteiger partial charge in [0.2, 0.25) is 0 Å². The van der Waals surface area contributed by atoms with Gasteiger partial charge in [-0.3, -0.25) is 0 Å². The van der Waals surface area contributed by atoms with Crippen LogP contribution in [-0.4, -0.2) is 12.7 Å². The lowest BCUT2D eigenvalue weighted by molar-refractivity contribution is -0.0878. The highest BCUT2D eigenvalue weighted by molar-refractivity contribution is 5.69. The third kappa shape index (κ3) is 7.26. The first-order valence-electron chi connectivity index (χ1n) is 11.6. The molecule has 4 N–H and O–H groups in total. The van der Waals surface area contributed by atoms with Gasteiger partial charge in [0.15, 0.2) is 0 Å². The molecule has 0 radical (unpaired) electrons. The zero-order valence-corrected chi connectivity index (χ0v) is 20.3. The molecule has 7 heteroatoms. The highest BCUT2D eigenvalue weighted by Gasteiger charge is 2.31. The van der Waals surface area contributed by atoms with Crippen molar-refractivity contribution in [3.05, 3.63) is 121 Å². The molecule has 3 aromatic carbocycles. The number of nitrogens with zero attached hydrogens (tertiary/aromatic N) is 1. The number of benzene rings is 3. The van der Waals surface area contributed by atoms with Crippen LogP contribution in [0, 0.1) is 0 Å². The average molecular weight is 493 g/mol. The van der Waals surface area contributed by atoms with Crippen LogP contribution >= 0.6 is 0 Å². The normalized spacial score (nSPS) is 11.6. The average Bonchev–Trinajstić information content (AvgIpc) is 2.87.